The minimum Gasteiger partial charge on any atom is -0.388 e. The molecule has 1 rings (SSSR count). The van der Waals surface area contributed by atoms with Gasteiger partial charge in [0.1, 0.15) is 11.6 Å². The molecule has 3 N–H and O–H groups in total. The van der Waals surface area contributed by atoms with Gasteiger partial charge in [-0.2, -0.15) is 0 Å². The number of halogens is 2. The van der Waals surface area contributed by atoms with Gasteiger partial charge in [0.2, 0.25) is 0 Å². The first-order valence-electron chi connectivity index (χ1n) is 3.86. The third kappa shape index (κ3) is 2.82. The average Bonchev–Trinajstić information content (AvgIpc) is 2.02. The second-order valence-corrected chi connectivity index (χ2v) is 2.76. The van der Waals surface area contributed by atoms with E-state index in [1.165, 1.54) is 12.1 Å². The lowest BCUT2D eigenvalue weighted by atomic mass is 10.1. The fourth-order valence-electron chi connectivity index (χ4n) is 0.994. The third-order valence-electron chi connectivity index (χ3n) is 1.68. The molecule has 4 heteroatoms. The number of nitrogens with one attached hydrogen (secondary N) is 1. The Kier molecular flexibility index (Phi) is 2.95. The maximum atomic E-state index is 12.9. The summed E-state index contributed by atoms with van der Waals surface area (Å²) in [6.07, 6.45) is 0.629. The van der Waals surface area contributed by atoms with Crippen LogP contribution >= 0.6 is 0 Å². The van der Waals surface area contributed by atoms with Gasteiger partial charge in [0.15, 0.2) is 0 Å². The second-order valence-electron chi connectivity index (χ2n) is 2.76. The summed E-state index contributed by atoms with van der Waals surface area (Å²) in [5, 5.41) is 6.94. The molecule has 0 saturated carbocycles. The molecule has 1 aromatic carbocycles. The molecule has 0 bridgehead atoms. The zero-order chi connectivity index (χ0) is 9.84. The van der Waals surface area contributed by atoms with E-state index in [-0.39, 0.29) is 5.84 Å². The van der Waals surface area contributed by atoms with Gasteiger partial charge < -0.3 is 5.73 Å². The number of nitrogens with two attached hydrogens (primary N) is 1. The lowest BCUT2D eigenvalue weighted by molar-refractivity contribution is 0.572. The summed E-state index contributed by atoms with van der Waals surface area (Å²) in [6.45, 7) is 0. The number of amidine groups is 1. The van der Waals surface area contributed by atoms with E-state index in [1.54, 1.807) is 0 Å². The Balaban J connectivity index is 2.72. The van der Waals surface area contributed by atoms with Crippen LogP contribution in [0, 0.1) is 17.0 Å². The Labute approximate surface area is 74.9 Å². The van der Waals surface area contributed by atoms with Crippen molar-refractivity contribution in [3.05, 3.63) is 35.4 Å². The Morgan fingerprint density at radius 1 is 1.38 bits per heavy atom. The summed E-state index contributed by atoms with van der Waals surface area (Å²) in [5.74, 6) is -1.17. The lowest BCUT2D eigenvalue weighted by Gasteiger charge is -2.01. The van der Waals surface area contributed by atoms with Crippen LogP contribution in [0.3, 0.4) is 0 Å². The minimum atomic E-state index is -0.593. The summed E-state index contributed by atoms with van der Waals surface area (Å²) < 4.78 is 25.4. The van der Waals surface area contributed by atoms with Crippen molar-refractivity contribution in [3.63, 3.8) is 0 Å². The maximum Gasteiger partial charge on any atom is 0.129 e. The predicted octanol–water partition coefficient (Wildman–Crippen LogP) is 1.83. The molecule has 0 aromatic heterocycles. The van der Waals surface area contributed by atoms with Crippen molar-refractivity contribution >= 4 is 5.84 Å². The van der Waals surface area contributed by atoms with Gasteiger partial charge in [-0.3, -0.25) is 5.41 Å². The van der Waals surface area contributed by atoms with E-state index in [1.807, 2.05) is 0 Å². The number of aryl methyl sites for hydroxylation is 1. The fraction of sp³-hybridized carbons (Fsp3) is 0.222. The molecule has 0 atom stereocenters. The Morgan fingerprint density at radius 2 is 2.08 bits per heavy atom. The molecule has 70 valence electrons. The van der Waals surface area contributed by atoms with Crippen molar-refractivity contribution in [2.24, 2.45) is 5.73 Å². The van der Waals surface area contributed by atoms with E-state index in [4.69, 9.17) is 11.1 Å². The maximum absolute atomic E-state index is 12.9. The number of hydrogen-bond donors (Lipinski definition) is 2. The highest BCUT2D eigenvalue weighted by molar-refractivity contribution is 5.77. The quantitative estimate of drug-likeness (QED) is 0.546. The summed E-state index contributed by atoms with van der Waals surface area (Å²) in [5.41, 5.74) is 5.49. The van der Waals surface area contributed by atoms with Crippen LogP contribution in [0.2, 0.25) is 0 Å². The zero-order valence-electron chi connectivity index (χ0n) is 6.98. The topological polar surface area (TPSA) is 49.9 Å². The number of rotatable bonds is 3. The largest absolute Gasteiger partial charge is 0.388 e. The van der Waals surface area contributed by atoms with Gasteiger partial charge in [0.25, 0.3) is 0 Å². The molecule has 0 saturated heterocycles. The van der Waals surface area contributed by atoms with Crippen molar-refractivity contribution in [2.75, 3.05) is 0 Å². The van der Waals surface area contributed by atoms with Crippen LogP contribution in [-0.4, -0.2) is 5.84 Å². The standard InChI is InChI=1S/C9H10F2N2/c10-7-3-1-6(8(11)5-7)2-4-9(12)13/h1,3,5H,2,4H2,(H3,12,13). The molecule has 0 spiro atoms. The normalized spacial score (nSPS) is 10.0. The predicted molar refractivity (Wildman–Crippen MR) is 46.6 cm³/mol. The van der Waals surface area contributed by atoms with Gasteiger partial charge in [-0.1, -0.05) is 6.07 Å². The zero-order valence-corrected chi connectivity index (χ0v) is 6.98. The van der Waals surface area contributed by atoms with Crippen LogP contribution in [0.5, 0.6) is 0 Å². The van der Waals surface area contributed by atoms with E-state index >= 15 is 0 Å². The van der Waals surface area contributed by atoms with E-state index in [2.05, 4.69) is 0 Å². The summed E-state index contributed by atoms with van der Waals surface area (Å²) in [4.78, 5) is 0. The monoisotopic (exact) mass is 184 g/mol. The van der Waals surface area contributed by atoms with Crippen LogP contribution in [-0.2, 0) is 6.42 Å². The van der Waals surface area contributed by atoms with Crippen molar-refractivity contribution in [3.8, 4) is 0 Å². The van der Waals surface area contributed by atoms with E-state index in [9.17, 15) is 8.78 Å². The Morgan fingerprint density at radius 3 is 2.62 bits per heavy atom. The van der Waals surface area contributed by atoms with E-state index < -0.39 is 11.6 Å². The summed E-state index contributed by atoms with van der Waals surface area (Å²) in [7, 11) is 0. The van der Waals surface area contributed by atoms with Crippen LogP contribution < -0.4 is 5.73 Å². The first-order chi connectivity index (χ1) is 6.09. The molecule has 13 heavy (non-hydrogen) atoms. The number of hydrogen-bond acceptors (Lipinski definition) is 1. The highest BCUT2D eigenvalue weighted by atomic mass is 19.1. The lowest BCUT2D eigenvalue weighted by Crippen LogP contribution is -2.10. The average molecular weight is 184 g/mol. The molecule has 0 radical (unpaired) electrons. The molecule has 0 fully saturated rings. The molecule has 0 aliphatic carbocycles. The molecule has 0 aliphatic heterocycles. The molecule has 0 aliphatic rings. The Bertz CT molecular complexity index is 323. The molecular weight excluding hydrogens is 174 g/mol. The summed E-state index contributed by atoms with van der Waals surface area (Å²) >= 11 is 0. The molecule has 0 heterocycles. The van der Waals surface area contributed by atoms with Crippen molar-refractivity contribution in [2.45, 2.75) is 12.8 Å². The van der Waals surface area contributed by atoms with Gasteiger partial charge in [-0.05, 0) is 18.1 Å². The number of benzene rings is 1. The first-order valence-corrected chi connectivity index (χ1v) is 3.86. The minimum absolute atomic E-state index is 0.00345. The highest BCUT2D eigenvalue weighted by Gasteiger charge is 2.03. The SMILES string of the molecule is N=C(N)CCc1ccc(F)cc1F. The third-order valence-corrected chi connectivity index (χ3v) is 1.68. The van der Waals surface area contributed by atoms with Gasteiger partial charge >= 0.3 is 0 Å². The van der Waals surface area contributed by atoms with Gasteiger partial charge in [0.05, 0.1) is 5.84 Å². The fourth-order valence-corrected chi connectivity index (χ4v) is 0.994. The van der Waals surface area contributed by atoms with Crippen LogP contribution in [0.15, 0.2) is 18.2 Å². The van der Waals surface area contributed by atoms with Gasteiger partial charge in [-0.25, -0.2) is 8.78 Å². The Hall–Kier alpha value is -1.45. The molecule has 0 amide bonds. The van der Waals surface area contributed by atoms with Crippen molar-refractivity contribution in [1.29, 1.82) is 5.41 Å². The van der Waals surface area contributed by atoms with E-state index in [0.717, 1.165) is 6.07 Å². The molecule has 2 nitrogen and oxygen atoms in total. The van der Waals surface area contributed by atoms with Crippen LogP contribution in [0.4, 0.5) is 8.78 Å². The second kappa shape index (κ2) is 3.98. The van der Waals surface area contributed by atoms with Gasteiger partial charge in [0, 0.05) is 12.5 Å². The summed E-state index contributed by atoms with van der Waals surface area (Å²) in [6, 6.07) is 3.39. The highest BCUT2D eigenvalue weighted by Crippen LogP contribution is 2.11. The molecular formula is C9H10F2N2. The van der Waals surface area contributed by atoms with Crippen molar-refractivity contribution < 1.29 is 8.78 Å². The van der Waals surface area contributed by atoms with Crippen LogP contribution in [0.1, 0.15) is 12.0 Å². The molecule has 1 aromatic rings. The van der Waals surface area contributed by atoms with Crippen molar-refractivity contribution in [1.82, 2.24) is 0 Å². The smallest absolute Gasteiger partial charge is 0.129 e. The first kappa shape index (κ1) is 9.64. The van der Waals surface area contributed by atoms with E-state index in [0.29, 0.717) is 18.4 Å². The molecule has 0 unspecified atom stereocenters. The van der Waals surface area contributed by atoms with Gasteiger partial charge in [-0.15, -0.1) is 0 Å². The van der Waals surface area contributed by atoms with Crippen LogP contribution in [0.25, 0.3) is 0 Å².